The predicted molar refractivity (Wildman–Crippen MR) is 64.0 cm³/mol. The molecular formula is C12H17ClO2. The van der Waals surface area contributed by atoms with Gasteiger partial charge in [-0.3, -0.25) is 4.79 Å². The molecule has 0 aliphatic carbocycles. The fourth-order valence-electron chi connectivity index (χ4n) is 0.759. The summed E-state index contributed by atoms with van der Waals surface area (Å²) in [6.45, 7) is 9.22. The summed E-state index contributed by atoms with van der Waals surface area (Å²) >= 11 is 5.95. The molecule has 0 aliphatic rings. The highest BCUT2D eigenvalue weighted by molar-refractivity contribution is 6.23. The van der Waals surface area contributed by atoms with Gasteiger partial charge >= 0.3 is 5.97 Å². The molecule has 3 heteroatoms. The Labute approximate surface area is 96.3 Å². The summed E-state index contributed by atoms with van der Waals surface area (Å²) in [5, 5.41) is -0.151. The third-order valence-corrected chi connectivity index (χ3v) is 2.21. The first-order chi connectivity index (χ1) is 6.93. The van der Waals surface area contributed by atoms with E-state index in [9.17, 15) is 4.79 Å². The largest absolute Gasteiger partial charge is 0.462 e. The second kappa shape index (κ2) is 7.30. The molecule has 1 unspecified atom stereocenters. The minimum absolute atomic E-state index is 0.151. The van der Waals surface area contributed by atoms with Crippen LogP contribution in [0.15, 0.2) is 36.0 Å². The lowest BCUT2D eigenvalue weighted by molar-refractivity contribution is -0.139. The van der Waals surface area contributed by atoms with Crippen molar-refractivity contribution in [1.82, 2.24) is 0 Å². The lowest BCUT2D eigenvalue weighted by Gasteiger charge is -2.01. The number of hydrogen-bond donors (Lipinski definition) is 0. The SMILES string of the molecule is C=C(C)C(Cl)C=CC(C)=CCOC(C)=O. The topological polar surface area (TPSA) is 26.3 Å². The van der Waals surface area contributed by atoms with E-state index in [-0.39, 0.29) is 11.3 Å². The maximum Gasteiger partial charge on any atom is 0.302 e. The number of hydrogen-bond acceptors (Lipinski definition) is 2. The number of allylic oxidation sites excluding steroid dienone is 4. The third kappa shape index (κ3) is 8.01. The minimum Gasteiger partial charge on any atom is -0.462 e. The highest BCUT2D eigenvalue weighted by atomic mass is 35.5. The van der Waals surface area contributed by atoms with Crippen LogP contribution in [0.1, 0.15) is 20.8 Å². The van der Waals surface area contributed by atoms with E-state index in [4.69, 9.17) is 16.3 Å². The van der Waals surface area contributed by atoms with Gasteiger partial charge in [-0.2, -0.15) is 0 Å². The summed E-state index contributed by atoms with van der Waals surface area (Å²) in [5.74, 6) is -0.278. The van der Waals surface area contributed by atoms with Crippen molar-refractivity contribution < 1.29 is 9.53 Å². The van der Waals surface area contributed by atoms with E-state index < -0.39 is 0 Å². The van der Waals surface area contributed by atoms with Gasteiger partial charge < -0.3 is 4.74 Å². The number of carbonyl (C=O) groups excluding carboxylic acids is 1. The highest BCUT2D eigenvalue weighted by Crippen LogP contribution is 2.09. The lowest BCUT2D eigenvalue weighted by atomic mass is 10.2. The van der Waals surface area contributed by atoms with Crippen molar-refractivity contribution >= 4 is 17.6 Å². The second-order valence-corrected chi connectivity index (χ2v) is 3.83. The molecular weight excluding hydrogens is 212 g/mol. The zero-order valence-electron chi connectivity index (χ0n) is 9.42. The van der Waals surface area contributed by atoms with Crippen LogP contribution in [0.5, 0.6) is 0 Å². The lowest BCUT2D eigenvalue weighted by Crippen LogP contribution is -1.98. The van der Waals surface area contributed by atoms with Crippen LogP contribution >= 0.6 is 11.6 Å². The van der Waals surface area contributed by atoms with Crippen LogP contribution in [0, 0.1) is 0 Å². The molecule has 0 aliphatic heterocycles. The Hall–Kier alpha value is -1.02. The molecule has 0 N–H and O–H groups in total. The van der Waals surface area contributed by atoms with Crippen LogP contribution in [0.2, 0.25) is 0 Å². The highest BCUT2D eigenvalue weighted by Gasteiger charge is 1.97. The van der Waals surface area contributed by atoms with Gasteiger partial charge in [-0.15, -0.1) is 11.6 Å². The Balaban J connectivity index is 4.05. The standard InChI is InChI=1S/C12H17ClO2/c1-9(2)12(13)6-5-10(3)7-8-15-11(4)14/h5-7,12H,1,8H2,2-4H3. The Bertz CT molecular complexity index is 290. The molecule has 2 nitrogen and oxygen atoms in total. The number of esters is 1. The van der Waals surface area contributed by atoms with Crippen molar-refractivity contribution in [2.75, 3.05) is 6.61 Å². The van der Waals surface area contributed by atoms with Gasteiger partial charge in [0.1, 0.15) is 6.61 Å². The first kappa shape index (κ1) is 14.0. The molecule has 0 saturated heterocycles. The molecule has 0 fully saturated rings. The zero-order chi connectivity index (χ0) is 11.8. The summed E-state index contributed by atoms with van der Waals surface area (Å²) in [5.41, 5.74) is 1.91. The molecule has 0 radical (unpaired) electrons. The third-order valence-electron chi connectivity index (χ3n) is 1.69. The summed E-state index contributed by atoms with van der Waals surface area (Å²) in [7, 11) is 0. The van der Waals surface area contributed by atoms with Crippen molar-refractivity contribution in [3.8, 4) is 0 Å². The molecule has 1 atom stereocenters. The summed E-state index contributed by atoms with van der Waals surface area (Å²) in [4.78, 5) is 10.5. The number of halogens is 1. The van der Waals surface area contributed by atoms with Gasteiger partial charge in [0.2, 0.25) is 0 Å². The first-order valence-corrected chi connectivity index (χ1v) is 5.15. The monoisotopic (exact) mass is 228 g/mol. The normalized spacial score (nSPS) is 14.0. The molecule has 0 spiro atoms. The molecule has 0 aromatic heterocycles. The van der Waals surface area contributed by atoms with E-state index in [0.717, 1.165) is 11.1 Å². The van der Waals surface area contributed by atoms with Gasteiger partial charge in [0.15, 0.2) is 0 Å². The average molecular weight is 229 g/mol. The Morgan fingerprint density at radius 2 is 2.07 bits per heavy atom. The van der Waals surface area contributed by atoms with Crippen LogP contribution in [-0.2, 0) is 9.53 Å². The van der Waals surface area contributed by atoms with Gasteiger partial charge in [-0.25, -0.2) is 0 Å². The fourth-order valence-corrected chi connectivity index (χ4v) is 0.832. The van der Waals surface area contributed by atoms with Crippen LogP contribution in [0.3, 0.4) is 0 Å². The van der Waals surface area contributed by atoms with E-state index in [1.54, 1.807) is 0 Å². The predicted octanol–water partition coefficient (Wildman–Crippen LogP) is 3.24. The van der Waals surface area contributed by atoms with E-state index in [0.29, 0.717) is 6.61 Å². The average Bonchev–Trinajstić information content (AvgIpc) is 2.13. The van der Waals surface area contributed by atoms with Crippen molar-refractivity contribution in [3.05, 3.63) is 36.0 Å². The maximum absolute atomic E-state index is 10.5. The quantitative estimate of drug-likeness (QED) is 0.313. The molecule has 0 amide bonds. The summed E-state index contributed by atoms with van der Waals surface area (Å²) in [6.07, 6.45) is 5.55. The molecule has 0 rings (SSSR count). The fraction of sp³-hybridized carbons (Fsp3) is 0.417. The van der Waals surface area contributed by atoms with Crippen molar-refractivity contribution in [3.63, 3.8) is 0 Å². The Morgan fingerprint density at radius 1 is 1.47 bits per heavy atom. The number of carbonyl (C=O) groups is 1. The van der Waals surface area contributed by atoms with Crippen molar-refractivity contribution in [2.24, 2.45) is 0 Å². The molecule has 0 aromatic carbocycles. The number of rotatable bonds is 5. The van der Waals surface area contributed by atoms with Crippen LogP contribution in [0.25, 0.3) is 0 Å². The van der Waals surface area contributed by atoms with Crippen LogP contribution in [-0.4, -0.2) is 18.0 Å². The van der Waals surface area contributed by atoms with Crippen LogP contribution < -0.4 is 0 Å². The molecule has 0 bridgehead atoms. The Morgan fingerprint density at radius 3 is 2.53 bits per heavy atom. The van der Waals surface area contributed by atoms with E-state index in [1.165, 1.54) is 6.92 Å². The van der Waals surface area contributed by atoms with E-state index in [2.05, 4.69) is 6.58 Å². The van der Waals surface area contributed by atoms with Crippen LogP contribution in [0.4, 0.5) is 0 Å². The number of ether oxygens (including phenoxy) is 1. The van der Waals surface area contributed by atoms with E-state index in [1.807, 2.05) is 32.1 Å². The Kier molecular flexibility index (Phi) is 6.80. The van der Waals surface area contributed by atoms with Crippen molar-refractivity contribution in [2.45, 2.75) is 26.1 Å². The summed E-state index contributed by atoms with van der Waals surface area (Å²) in [6, 6.07) is 0. The second-order valence-electron chi connectivity index (χ2n) is 3.36. The summed E-state index contributed by atoms with van der Waals surface area (Å²) < 4.78 is 4.77. The number of alkyl halides is 1. The molecule has 0 heterocycles. The van der Waals surface area contributed by atoms with Gasteiger partial charge in [0, 0.05) is 6.92 Å². The van der Waals surface area contributed by atoms with Gasteiger partial charge in [0.05, 0.1) is 5.38 Å². The minimum atomic E-state index is -0.278. The maximum atomic E-state index is 10.5. The van der Waals surface area contributed by atoms with Gasteiger partial charge in [-0.1, -0.05) is 29.9 Å². The first-order valence-electron chi connectivity index (χ1n) is 4.71. The zero-order valence-corrected chi connectivity index (χ0v) is 10.2. The molecule has 84 valence electrons. The van der Waals surface area contributed by atoms with Gasteiger partial charge in [0.25, 0.3) is 0 Å². The van der Waals surface area contributed by atoms with Gasteiger partial charge in [-0.05, 0) is 19.9 Å². The molecule has 0 aromatic rings. The molecule has 15 heavy (non-hydrogen) atoms. The molecule has 0 saturated carbocycles. The smallest absolute Gasteiger partial charge is 0.302 e. The van der Waals surface area contributed by atoms with E-state index >= 15 is 0 Å². The van der Waals surface area contributed by atoms with Crippen molar-refractivity contribution in [1.29, 1.82) is 0 Å².